The molecule has 0 amide bonds. The lowest BCUT2D eigenvalue weighted by Gasteiger charge is -2.26. The Morgan fingerprint density at radius 3 is 1.01 bits per heavy atom. The summed E-state index contributed by atoms with van der Waals surface area (Å²) in [5.74, 6) is 13.9. The molecule has 0 saturated heterocycles. The predicted molar refractivity (Wildman–Crippen MR) is 574 cm³/mol. The molecule has 0 unspecified atom stereocenters. The maximum atomic E-state index is 7.94. The number of rotatable bonds is 19. The molecule has 8 heterocycles. The van der Waals surface area contributed by atoms with E-state index in [1.54, 1.807) is 83.0 Å². The normalized spacial score (nSPS) is 13.5. The molecule has 0 fully saturated rings. The standard InChI is InChI=1S/6C12H17N5O2.2C11H15N5O2/c1-17(2)12(14)16-11(13)15-6-8-4-3-5-9-10(8)19-7-18-9;1-15-11(13)16-12(14)17(2)6-8-4-3-5-9-10(8)19-7-18-9;1-16(12(15)17(2)11(13)14)6-8-4-3-5-9-10(8)19-7-18-9;1-15-12(16-11(13)14)17(2)6-8-4-3-5-9-10(8)19-7-18-9;1-17(12(15)16-11(13)14)6-5-8-3-2-4-9-10(8)19-7-18-9;1-15-12(17-11(13)14)16-6-5-8-3-2-4-9-10(8)19-7-18-9;1-14-10(12)16-11(13)15-5-7-3-2-4-8-9(7)18-6-17-8;12-10(13)16-11(14)15-5-4-7-2-1-3-8-9(7)18-6-17-8/h2*3-5H,6-7H2,1-2H3,(H4,13,14,15,16);3-5,15H,6-7H2,1-2H3,(H3,13,14);3-5H,6-7H2,1-2H3,(H4,13,14,15,16);2-4H,5-7H2,1H3,(H5,13,14,15,16);2-4H,5-7H2,1H3,(H5,13,14,15,16,17);2-4H,5-6H2,1H3,(H5,12,13,14,15,16);1-3H,4-6H2,(H6,12,13,14,15,16). The Morgan fingerprint density at radius 2 is 0.647 bits per heavy atom. The van der Waals surface area contributed by atoms with Crippen LogP contribution in [0.4, 0.5) is 0 Å². The Morgan fingerprint density at radius 1 is 0.307 bits per heavy atom. The van der Waals surface area contributed by atoms with E-state index in [4.69, 9.17) is 184 Å². The van der Waals surface area contributed by atoms with Gasteiger partial charge in [0, 0.05) is 150 Å². The molecule has 37 N–H and O–H groups in total. The summed E-state index contributed by atoms with van der Waals surface area (Å²) in [6.07, 6.45) is 2.14. The van der Waals surface area contributed by atoms with Crippen molar-refractivity contribution in [1.82, 2.24) is 40.0 Å². The molecule has 8 aliphatic heterocycles. The molecule has 0 atom stereocenters. The van der Waals surface area contributed by atoms with Gasteiger partial charge in [0.25, 0.3) is 0 Å². The van der Waals surface area contributed by atoms with Gasteiger partial charge < -0.3 is 197 Å². The Balaban J connectivity index is 0.000000190. The third-order valence-electron chi connectivity index (χ3n) is 21.1. The van der Waals surface area contributed by atoms with E-state index < -0.39 is 0 Å². The number of guanidine groups is 16. The van der Waals surface area contributed by atoms with Gasteiger partial charge in [-0.2, -0.15) is 30.0 Å². The SMILES string of the molecule is CN(C)C(N)=NC(N)=NCc1cccc2c1OCO2.CN(CCc1cccc2c1OCO2)C(=N)N=C(N)N.CN(Cc1cccc2c1OCO2)C(=N)N(C)C(=N)N.CN=C(N)N=C(N)N(C)Cc1cccc2c1OCO2.CN=C(N)NC(N)=NCc1cccc2c1OCO2.CN=C(N=C(N)N)N(C)Cc1cccc2c1OCO2.CN=C(N=C(N)N)NCCc1cccc2c1OCO2.NC(N)=NC(N)=NCCc1cccc2c1OCO2. The van der Waals surface area contributed by atoms with Crippen LogP contribution in [-0.2, 0) is 52.0 Å². The van der Waals surface area contributed by atoms with Crippen LogP contribution in [0.2, 0.25) is 0 Å². The number of nitrogens with zero attached hydrogens (tertiary/aromatic N) is 19. The number of likely N-dealkylation sites (N-methyl/N-ethyl adjacent to an activating group) is 1. The first-order valence-electron chi connectivity index (χ1n) is 45.6. The van der Waals surface area contributed by atoms with Crippen LogP contribution in [0, 0.1) is 16.2 Å². The van der Waals surface area contributed by atoms with Gasteiger partial charge in [-0.1, -0.05) is 97.1 Å². The van der Waals surface area contributed by atoms with Crippen LogP contribution in [-0.4, -0.2) is 276 Å². The third kappa shape index (κ3) is 35.2. The molecular formula is C94H132N40O16. The van der Waals surface area contributed by atoms with Crippen molar-refractivity contribution >= 4 is 95.4 Å². The highest BCUT2D eigenvalue weighted by Gasteiger charge is 2.27. The van der Waals surface area contributed by atoms with Crippen molar-refractivity contribution in [3.8, 4) is 92.0 Å². The van der Waals surface area contributed by atoms with E-state index in [0.717, 1.165) is 126 Å². The average molecular weight is 2080 g/mol. The maximum Gasteiger partial charge on any atom is 0.231 e. The summed E-state index contributed by atoms with van der Waals surface area (Å²) in [5, 5.41) is 28.6. The predicted octanol–water partition coefficient (Wildman–Crippen LogP) is 0.140. The maximum absolute atomic E-state index is 7.94. The van der Waals surface area contributed by atoms with Crippen LogP contribution in [0.15, 0.2) is 210 Å². The van der Waals surface area contributed by atoms with Crippen molar-refractivity contribution < 1.29 is 75.8 Å². The molecule has 150 heavy (non-hydrogen) atoms. The Bertz CT molecular complexity index is 6350. The van der Waals surface area contributed by atoms with E-state index >= 15 is 0 Å². The van der Waals surface area contributed by atoms with Gasteiger partial charge in [0.05, 0.1) is 13.1 Å². The zero-order chi connectivity index (χ0) is 109. The lowest BCUT2D eigenvalue weighted by atomic mass is 10.1. The van der Waals surface area contributed by atoms with Gasteiger partial charge in [0.1, 0.15) is 0 Å². The molecule has 8 aromatic rings. The summed E-state index contributed by atoms with van der Waals surface area (Å²) in [6.45, 7) is 6.02. The minimum absolute atomic E-state index is 0.0227. The van der Waals surface area contributed by atoms with Crippen LogP contribution in [0.5, 0.6) is 92.0 Å². The largest absolute Gasteiger partial charge is 0.454 e. The molecule has 0 saturated carbocycles. The highest BCUT2D eigenvalue weighted by Crippen LogP contribution is 2.43. The Hall–Kier alpha value is -19.5. The summed E-state index contributed by atoms with van der Waals surface area (Å²) >= 11 is 0. The van der Waals surface area contributed by atoms with Gasteiger partial charge >= 0.3 is 0 Å². The summed E-state index contributed by atoms with van der Waals surface area (Å²) < 4.78 is 85.7. The number of nitrogens with one attached hydrogen (secondary N) is 5. The minimum atomic E-state index is -0.172. The average Bonchev–Trinajstić information content (AvgIpc) is 1.66. The van der Waals surface area contributed by atoms with E-state index in [2.05, 4.69) is 75.5 Å². The number of benzene rings is 8. The molecule has 0 bridgehead atoms. The quantitative estimate of drug-likeness (QED) is 0.0378. The molecule has 0 spiro atoms. The van der Waals surface area contributed by atoms with Crippen LogP contribution < -0.4 is 178 Å². The number of para-hydroxylation sites is 8. The van der Waals surface area contributed by atoms with Gasteiger partial charge in [-0.15, -0.1) is 0 Å². The van der Waals surface area contributed by atoms with E-state index in [0.29, 0.717) is 106 Å². The lowest BCUT2D eigenvalue weighted by Crippen LogP contribution is -2.45. The second kappa shape index (κ2) is 57.7. The molecule has 0 radical (unpaired) electrons. The molecule has 8 aliphatic rings. The van der Waals surface area contributed by atoms with Crippen molar-refractivity contribution in [2.45, 2.75) is 52.0 Å². The smallest absolute Gasteiger partial charge is 0.231 e. The number of aliphatic imine (C=N–C) groups is 13. The topological polar surface area (TPSA) is 840 Å². The number of hydrogen-bond acceptors (Lipinski definition) is 26. The summed E-state index contributed by atoms with van der Waals surface area (Å²) in [4.78, 5) is 60.7. The summed E-state index contributed by atoms with van der Waals surface area (Å²) in [5.41, 5.74) is 94.6. The van der Waals surface area contributed by atoms with E-state index in [1.807, 2.05) is 165 Å². The molecule has 804 valence electrons. The molecule has 0 aliphatic carbocycles. The van der Waals surface area contributed by atoms with Gasteiger partial charge in [-0.3, -0.25) is 51.4 Å². The molecule has 8 aromatic carbocycles. The number of nitrogens with two attached hydrogens (primary N) is 16. The first kappa shape index (κ1) is 114. The van der Waals surface area contributed by atoms with Gasteiger partial charge in [-0.25, -0.2) is 9.98 Å². The van der Waals surface area contributed by atoms with Gasteiger partial charge in [0.15, 0.2) is 152 Å². The van der Waals surface area contributed by atoms with Crippen molar-refractivity contribution in [3.63, 3.8) is 0 Å². The van der Waals surface area contributed by atoms with Crippen LogP contribution in [0.1, 0.15) is 44.5 Å². The second-order valence-electron chi connectivity index (χ2n) is 31.9. The fraction of sp³-hybridized carbons (Fsp3) is 0.319. The van der Waals surface area contributed by atoms with Crippen molar-refractivity contribution in [2.75, 3.05) is 152 Å². The summed E-state index contributed by atoms with van der Waals surface area (Å²) in [6, 6.07) is 45.7. The number of fused-ring (bicyclic) bond motifs is 8. The first-order chi connectivity index (χ1) is 72.0. The number of hydrogen-bond donors (Lipinski definition) is 21. The zero-order valence-electron chi connectivity index (χ0n) is 85.1. The molecular weight excluding hydrogens is 1950 g/mol. The van der Waals surface area contributed by atoms with Crippen LogP contribution in [0.25, 0.3) is 0 Å². The van der Waals surface area contributed by atoms with Crippen molar-refractivity contribution in [1.29, 1.82) is 16.2 Å². The minimum Gasteiger partial charge on any atom is -0.454 e. The molecule has 0 aromatic heterocycles. The Labute approximate surface area is 865 Å². The van der Waals surface area contributed by atoms with E-state index in [-0.39, 0.29) is 126 Å². The first-order valence-corrected chi connectivity index (χ1v) is 45.6. The van der Waals surface area contributed by atoms with Crippen LogP contribution in [0.3, 0.4) is 0 Å². The monoisotopic (exact) mass is 2080 g/mol. The van der Waals surface area contributed by atoms with Crippen molar-refractivity contribution in [3.05, 3.63) is 190 Å². The van der Waals surface area contributed by atoms with Gasteiger partial charge in [0.2, 0.25) is 90.1 Å². The third-order valence-corrected chi connectivity index (χ3v) is 21.1. The van der Waals surface area contributed by atoms with E-state index in [9.17, 15) is 0 Å². The Kier molecular flexibility index (Phi) is 43.9. The second-order valence-corrected chi connectivity index (χ2v) is 31.9. The van der Waals surface area contributed by atoms with Gasteiger partial charge in [-0.05, 0) is 78.9 Å². The zero-order valence-corrected chi connectivity index (χ0v) is 85.1. The fourth-order valence-electron chi connectivity index (χ4n) is 13.7. The molecule has 56 heteroatoms. The molecule has 56 nitrogen and oxygen atoms in total. The fourth-order valence-corrected chi connectivity index (χ4v) is 13.7. The highest BCUT2D eigenvalue weighted by atomic mass is 16.7. The lowest BCUT2D eigenvalue weighted by molar-refractivity contribution is 0.172. The van der Waals surface area contributed by atoms with E-state index in [1.165, 1.54) is 4.90 Å². The summed E-state index contributed by atoms with van der Waals surface area (Å²) in [7, 11) is 18.7. The van der Waals surface area contributed by atoms with Crippen molar-refractivity contribution in [2.24, 2.45) is 157 Å². The number of ether oxygens (including phenoxy) is 16. The molecule has 16 rings (SSSR count). The van der Waals surface area contributed by atoms with Crippen LogP contribution >= 0.6 is 0 Å². The highest BCUT2D eigenvalue weighted by molar-refractivity contribution is 5.98.